The zero-order chi connectivity index (χ0) is 14.9. The second-order valence-corrected chi connectivity index (χ2v) is 4.38. The fourth-order valence-electron chi connectivity index (χ4n) is 1.89. The highest BCUT2D eigenvalue weighted by molar-refractivity contribution is 5.70. The Balaban J connectivity index is 2.45. The molecule has 7 nitrogen and oxygen atoms in total. The second-order valence-electron chi connectivity index (χ2n) is 4.38. The third kappa shape index (κ3) is 3.06. The van der Waals surface area contributed by atoms with E-state index in [0.717, 1.165) is 11.2 Å². The monoisotopic (exact) mass is 291 g/mol. The summed E-state index contributed by atoms with van der Waals surface area (Å²) < 4.78 is 37.9. The number of nitrogens with one attached hydrogen (secondary N) is 1. The van der Waals surface area contributed by atoms with Crippen LogP contribution >= 0.6 is 0 Å². The van der Waals surface area contributed by atoms with Crippen molar-refractivity contribution < 1.29 is 18.1 Å². The first-order valence-electron chi connectivity index (χ1n) is 5.84. The van der Waals surface area contributed by atoms with E-state index >= 15 is 0 Å². The fraction of sp³-hybridized carbons (Fsp3) is 0.600. The molecule has 1 aliphatic rings. The summed E-state index contributed by atoms with van der Waals surface area (Å²) in [6.45, 7) is -1.27. The van der Waals surface area contributed by atoms with Gasteiger partial charge in [0, 0.05) is 13.1 Å². The van der Waals surface area contributed by atoms with Gasteiger partial charge in [0.05, 0.1) is 4.92 Å². The van der Waals surface area contributed by atoms with Crippen molar-refractivity contribution in [3.63, 3.8) is 0 Å². The lowest BCUT2D eigenvalue weighted by Crippen LogP contribution is -2.37. The van der Waals surface area contributed by atoms with E-state index in [1.807, 2.05) is 0 Å². The number of anilines is 2. The number of nitrogens with zero attached hydrogens (tertiary/aromatic N) is 4. The van der Waals surface area contributed by atoms with Gasteiger partial charge in [0.1, 0.15) is 12.9 Å². The normalized spacial score (nSPS) is 15.0. The van der Waals surface area contributed by atoms with Crippen LogP contribution in [0.1, 0.15) is 12.8 Å². The molecule has 10 heteroatoms. The Labute approximate surface area is 112 Å². The summed E-state index contributed by atoms with van der Waals surface area (Å²) >= 11 is 0. The minimum absolute atomic E-state index is 0.104. The van der Waals surface area contributed by atoms with Crippen LogP contribution in [0, 0.1) is 10.1 Å². The van der Waals surface area contributed by atoms with Crippen LogP contribution in [-0.4, -0.2) is 40.7 Å². The minimum atomic E-state index is -4.46. The first-order valence-corrected chi connectivity index (χ1v) is 5.84. The van der Waals surface area contributed by atoms with Crippen LogP contribution in [0.25, 0.3) is 0 Å². The maximum Gasteiger partial charge on any atom is 0.405 e. The first kappa shape index (κ1) is 14.3. The van der Waals surface area contributed by atoms with E-state index in [1.165, 1.54) is 7.05 Å². The Kier molecular flexibility index (Phi) is 3.64. The molecule has 1 heterocycles. The lowest BCUT2D eigenvalue weighted by Gasteiger charge is -2.24. The molecule has 1 aliphatic carbocycles. The average molecular weight is 291 g/mol. The summed E-state index contributed by atoms with van der Waals surface area (Å²) in [4.78, 5) is 18.6. The number of hydrogen-bond donors (Lipinski definition) is 1. The topological polar surface area (TPSA) is 84.2 Å². The zero-order valence-corrected chi connectivity index (χ0v) is 10.5. The quantitative estimate of drug-likeness (QED) is 0.659. The molecule has 110 valence electrons. The summed E-state index contributed by atoms with van der Waals surface area (Å²) in [5.41, 5.74) is -0.536. The largest absolute Gasteiger partial charge is 0.405 e. The van der Waals surface area contributed by atoms with Crippen LogP contribution in [0.3, 0.4) is 0 Å². The molecular formula is C10H12F3N5O2. The van der Waals surface area contributed by atoms with Crippen molar-refractivity contribution in [1.29, 1.82) is 0 Å². The molecule has 1 aromatic rings. The van der Waals surface area contributed by atoms with Crippen molar-refractivity contribution >= 4 is 17.3 Å². The smallest absolute Gasteiger partial charge is 0.367 e. The van der Waals surface area contributed by atoms with Crippen molar-refractivity contribution in [3.8, 4) is 0 Å². The number of hydrogen-bond acceptors (Lipinski definition) is 6. The summed E-state index contributed by atoms with van der Waals surface area (Å²) in [5.74, 6) is -0.401. The highest BCUT2D eigenvalue weighted by Crippen LogP contribution is 2.39. The maximum atomic E-state index is 12.6. The van der Waals surface area contributed by atoms with Gasteiger partial charge >= 0.3 is 11.9 Å². The van der Waals surface area contributed by atoms with Gasteiger partial charge in [-0.2, -0.15) is 13.2 Å². The van der Waals surface area contributed by atoms with E-state index in [0.29, 0.717) is 12.8 Å². The Morgan fingerprint density at radius 1 is 1.50 bits per heavy atom. The van der Waals surface area contributed by atoms with Gasteiger partial charge in [0.25, 0.3) is 0 Å². The van der Waals surface area contributed by atoms with Crippen LogP contribution in [0.4, 0.5) is 30.5 Å². The molecule has 20 heavy (non-hydrogen) atoms. The first-order chi connectivity index (χ1) is 9.33. The van der Waals surface area contributed by atoms with Crippen LogP contribution in [0.15, 0.2) is 6.33 Å². The second kappa shape index (κ2) is 5.10. The standard InChI is InChI=1S/C10H12F3N5O2/c1-14-8-7(18(19)20)9(16-5-15-8)17(6-2-3-6)4-10(11,12)13/h5-6H,2-4H2,1H3,(H,14,15,16). The van der Waals surface area contributed by atoms with E-state index in [4.69, 9.17) is 0 Å². The summed E-state index contributed by atoms with van der Waals surface area (Å²) in [7, 11) is 1.41. The van der Waals surface area contributed by atoms with Gasteiger partial charge < -0.3 is 10.2 Å². The molecular weight excluding hydrogens is 279 g/mol. The molecule has 0 radical (unpaired) electrons. The van der Waals surface area contributed by atoms with Gasteiger partial charge in [-0.1, -0.05) is 0 Å². The summed E-state index contributed by atoms with van der Waals surface area (Å²) in [6, 6.07) is -0.366. The van der Waals surface area contributed by atoms with E-state index in [9.17, 15) is 23.3 Å². The Bertz CT molecular complexity index is 518. The predicted octanol–water partition coefficient (Wildman–Crippen LogP) is 1.96. The molecule has 1 saturated carbocycles. The Morgan fingerprint density at radius 2 is 2.15 bits per heavy atom. The number of alkyl halides is 3. The lowest BCUT2D eigenvalue weighted by molar-refractivity contribution is -0.383. The molecule has 0 bridgehead atoms. The van der Waals surface area contributed by atoms with Crippen molar-refractivity contribution in [3.05, 3.63) is 16.4 Å². The SMILES string of the molecule is CNc1ncnc(N(CC(F)(F)F)C2CC2)c1[N+](=O)[O-]. The van der Waals surface area contributed by atoms with E-state index in [-0.39, 0.29) is 17.7 Å². The Hall–Kier alpha value is -2.13. The summed E-state index contributed by atoms with van der Waals surface area (Å²) in [5, 5.41) is 13.6. The zero-order valence-electron chi connectivity index (χ0n) is 10.5. The molecule has 1 N–H and O–H groups in total. The number of nitro groups is 1. The number of aromatic nitrogens is 2. The van der Waals surface area contributed by atoms with Gasteiger partial charge in [-0.05, 0) is 12.8 Å². The van der Waals surface area contributed by atoms with Crippen LogP contribution in [0.5, 0.6) is 0 Å². The molecule has 2 rings (SSSR count). The molecule has 0 spiro atoms. The molecule has 1 aromatic heterocycles. The number of halogens is 3. The van der Waals surface area contributed by atoms with Crippen molar-refractivity contribution in [2.45, 2.75) is 25.1 Å². The van der Waals surface area contributed by atoms with E-state index in [2.05, 4.69) is 15.3 Å². The molecule has 0 saturated heterocycles. The molecule has 0 aliphatic heterocycles. The predicted molar refractivity (Wildman–Crippen MR) is 64.7 cm³/mol. The number of rotatable bonds is 5. The van der Waals surface area contributed by atoms with Gasteiger partial charge in [0.2, 0.25) is 11.6 Å². The fourth-order valence-corrected chi connectivity index (χ4v) is 1.89. The molecule has 0 unspecified atom stereocenters. The van der Waals surface area contributed by atoms with Gasteiger partial charge in [-0.15, -0.1) is 0 Å². The van der Waals surface area contributed by atoms with Crippen molar-refractivity contribution in [2.24, 2.45) is 0 Å². The van der Waals surface area contributed by atoms with Crippen molar-refractivity contribution in [1.82, 2.24) is 9.97 Å². The van der Waals surface area contributed by atoms with Gasteiger partial charge in [-0.3, -0.25) is 10.1 Å². The molecule has 1 fully saturated rings. The van der Waals surface area contributed by atoms with E-state index < -0.39 is 23.3 Å². The van der Waals surface area contributed by atoms with Crippen molar-refractivity contribution in [2.75, 3.05) is 23.8 Å². The molecule has 0 amide bonds. The molecule has 0 aromatic carbocycles. The van der Waals surface area contributed by atoms with Crippen LogP contribution in [0.2, 0.25) is 0 Å². The third-order valence-electron chi connectivity index (χ3n) is 2.83. The highest BCUT2D eigenvalue weighted by Gasteiger charge is 2.42. The maximum absolute atomic E-state index is 12.6. The average Bonchev–Trinajstić information content (AvgIpc) is 3.18. The highest BCUT2D eigenvalue weighted by atomic mass is 19.4. The van der Waals surface area contributed by atoms with Gasteiger partial charge in [-0.25, -0.2) is 9.97 Å². The van der Waals surface area contributed by atoms with E-state index in [1.54, 1.807) is 0 Å². The Morgan fingerprint density at radius 3 is 2.60 bits per heavy atom. The summed E-state index contributed by atoms with van der Waals surface area (Å²) in [6.07, 6.45) is -2.32. The van der Waals surface area contributed by atoms with Crippen LogP contribution < -0.4 is 10.2 Å². The van der Waals surface area contributed by atoms with Crippen LogP contribution in [-0.2, 0) is 0 Å². The lowest BCUT2D eigenvalue weighted by atomic mass is 10.3. The molecule has 0 atom stereocenters. The minimum Gasteiger partial charge on any atom is -0.367 e. The van der Waals surface area contributed by atoms with Gasteiger partial charge in [0.15, 0.2) is 0 Å². The third-order valence-corrected chi connectivity index (χ3v) is 2.83.